The van der Waals surface area contributed by atoms with Gasteiger partial charge in [0.05, 0.1) is 24.9 Å². The quantitative estimate of drug-likeness (QED) is 0.300. The van der Waals surface area contributed by atoms with Gasteiger partial charge in [-0.3, -0.25) is 0 Å². The third kappa shape index (κ3) is 7.97. The molecule has 0 spiro atoms. The molecule has 164 valence electrons. The van der Waals surface area contributed by atoms with Crippen LogP contribution in [-0.4, -0.2) is 49.4 Å². The lowest BCUT2D eigenvalue weighted by molar-refractivity contribution is -0.137. The van der Waals surface area contributed by atoms with Crippen molar-refractivity contribution < 1.29 is 24.2 Å². The zero-order valence-corrected chi connectivity index (χ0v) is 20.1. The fraction of sp³-hybridized carbons (Fsp3) is 0.864. The first-order chi connectivity index (χ1) is 12.8. The molecule has 0 aromatic carbocycles. The lowest BCUT2D eigenvalue weighted by Crippen LogP contribution is -2.46. The first-order valence-electron chi connectivity index (χ1n) is 10.7. The van der Waals surface area contributed by atoms with Crippen molar-refractivity contribution in [1.82, 2.24) is 0 Å². The molecule has 0 aliphatic heterocycles. The van der Waals surface area contributed by atoms with Crippen molar-refractivity contribution in [2.75, 3.05) is 6.61 Å². The maximum absolute atomic E-state index is 11.7. The van der Waals surface area contributed by atoms with Gasteiger partial charge in [-0.2, -0.15) is 0 Å². The summed E-state index contributed by atoms with van der Waals surface area (Å²) in [6, 6.07) is 0. The number of hydrogen-bond acceptors (Lipinski definition) is 5. The molecule has 1 saturated carbocycles. The van der Waals surface area contributed by atoms with Crippen molar-refractivity contribution in [2.24, 2.45) is 17.8 Å². The van der Waals surface area contributed by atoms with E-state index >= 15 is 0 Å². The van der Waals surface area contributed by atoms with E-state index in [0.29, 0.717) is 31.3 Å². The second-order valence-corrected chi connectivity index (χ2v) is 14.7. The van der Waals surface area contributed by atoms with E-state index in [1.165, 1.54) is 6.08 Å². The summed E-state index contributed by atoms with van der Waals surface area (Å²) in [5, 5.41) is 21.0. The van der Waals surface area contributed by atoms with Gasteiger partial charge in [0.25, 0.3) is 0 Å². The molecule has 6 heteroatoms. The molecule has 0 aromatic rings. The highest BCUT2D eigenvalue weighted by Gasteiger charge is 2.42. The van der Waals surface area contributed by atoms with Crippen LogP contribution in [0.4, 0.5) is 0 Å². The van der Waals surface area contributed by atoms with E-state index in [-0.39, 0.29) is 23.0 Å². The van der Waals surface area contributed by atoms with Crippen LogP contribution in [0.5, 0.6) is 0 Å². The highest BCUT2D eigenvalue weighted by atomic mass is 28.4. The maximum Gasteiger partial charge on any atom is 0.330 e. The summed E-state index contributed by atoms with van der Waals surface area (Å²) in [5.74, 6) is 0.452. The van der Waals surface area contributed by atoms with Crippen LogP contribution in [0.1, 0.15) is 60.8 Å². The summed E-state index contributed by atoms with van der Waals surface area (Å²) in [4.78, 5) is 11.7. The summed E-state index contributed by atoms with van der Waals surface area (Å²) >= 11 is 0. The Bertz CT molecular complexity index is 526. The third-order valence-corrected chi connectivity index (χ3v) is 10.8. The van der Waals surface area contributed by atoms with E-state index < -0.39 is 20.5 Å². The molecule has 1 aliphatic carbocycles. The second kappa shape index (κ2) is 10.4. The summed E-state index contributed by atoms with van der Waals surface area (Å²) in [5.41, 5.74) is 0. The van der Waals surface area contributed by atoms with Crippen molar-refractivity contribution >= 4 is 14.3 Å². The smallest absolute Gasteiger partial charge is 0.330 e. The fourth-order valence-electron chi connectivity index (χ4n) is 3.17. The molecule has 0 unspecified atom stereocenters. The van der Waals surface area contributed by atoms with Crippen LogP contribution in [0.25, 0.3) is 0 Å². The van der Waals surface area contributed by atoms with Gasteiger partial charge in [0.1, 0.15) is 0 Å². The van der Waals surface area contributed by atoms with Gasteiger partial charge in [-0.1, -0.05) is 40.7 Å². The Morgan fingerprint density at radius 2 is 1.82 bits per heavy atom. The van der Waals surface area contributed by atoms with E-state index in [4.69, 9.17) is 9.16 Å². The summed E-state index contributed by atoms with van der Waals surface area (Å²) < 4.78 is 11.6. The molecule has 1 aliphatic rings. The first-order valence-corrected chi connectivity index (χ1v) is 13.6. The minimum atomic E-state index is -2.05. The van der Waals surface area contributed by atoms with Gasteiger partial charge in [0.2, 0.25) is 0 Å². The predicted molar refractivity (Wildman–Crippen MR) is 116 cm³/mol. The molecule has 2 N–H and O–H groups in total. The molecule has 1 fully saturated rings. The van der Waals surface area contributed by atoms with Crippen molar-refractivity contribution in [2.45, 2.75) is 97.2 Å². The number of ether oxygens (including phenoxy) is 1. The second-order valence-electron chi connectivity index (χ2n) is 9.96. The SMILES string of the molecule is CCOC(=O)/C=C/[C@H](C)[C@H](C[C@H](O)C[C@H](O)[C@H]1C[C@@H]1C)O[Si](C)(C)C(C)(C)C. The third-order valence-electron chi connectivity index (χ3n) is 6.34. The van der Waals surface area contributed by atoms with E-state index in [9.17, 15) is 15.0 Å². The van der Waals surface area contributed by atoms with Gasteiger partial charge in [-0.15, -0.1) is 0 Å². The van der Waals surface area contributed by atoms with Gasteiger partial charge in [0.15, 0.2) is 8.32 Å². The Balaban J connectivity index is 2.82. The maximum atomic E-state index is 11.7. The fourth-order valence-corrected chi connectivity index (χ4v) is 4.60. The Kier molecular flexibility index (Phi) is 9.39. The van der Waals surface area contributed by atoms with Gasteiger partial charge < -0.3 is 19.4 Å². The van der Waals surface area contributed by atoms with E-state index in [1.807, 2.05) is 13.0 Å². The number of aliphatic hydroxyl groups is 2. The molecular weight excluding hydrogens is 372 g/mol. The minimum absolute atomic E-state index is 0.0454. The van der Waals surface area contributed by atoms with Crippen molar-refractivity contribution in [3.8, 4) is 0 Å². The molecule has 0 radical (unpaired) electrons. The van der Waals surface area contributed by atoms with E-state index in [2.05, 4.69) is 40.8 Å². The average Bonchev–Trinajstić information content (AvgIpc) is 3.28. The van der Waals surface area contributed by atoms with Crippen LogP contribution in [0.15, 0.2) is 12.2 Å². The van der Waals surface area contributed by atoms with Crippen LogP contribution in [0.2, 0.25) is 18.1 Å². The van der Waals surface area contributed by atoms with E-state index in [0.717, 1.165) is 6.42 Å². The van der Waals surface area contributed by atoms with E-state index in [1.54, 1.807) is 6.92 Å². The number of carbonyl (C=O) groups excluding carboxylic acids is 1. The molecule has 0 saturated heterocycles. The molecule has 0 aromatic heterocycles. The molecule has 5 nitrogen and oxygen atoms in total. The lowest BCUT2D eigenvalue weighted by Gasteiger charge is -2.41. The number of hydrogen-bond donors (Lipinski definition) is 2. The van der Waals surface area contributed by atoms with Crippen LogP contribution in [0.3, 0.4) is 0 Å². The standard InChI is InChI=1S/C22H42O5Si/c1-9-26-21(25)11-10-15(2)20(27-28(7,8)22(4,5)6)14-17(23)13-19(24)18-12-16(18)3/h10-11,15-20,23-24H,9,12-14H2,1-8H3/b11-10+/t15-,16-,17+,18-,19-,20-/m0/s1. The molecule has 1 rings (SSSR count). The Labute approximate surface area is 172 Å². The summed E-state index contributed by atoms with van der Waals surface area (Å²) in [6.07, 6.45) is 3.81. The molecule has 28 heavy (non-hydrogen) atoms. The predicted octanol–water partition coefficient (Wildman–Crippen LogP) is 4.29. The van der Waals surface area contributed by atoms with Gasteiger partial charge in [0, 0.05) is 6.08 Å². The number of aliphatic hydroxyl groups excluding tert-OH is 2. The zero-order valence-electron chi connectivity index (χ0n) is 19.1. The van der Waals surface area contributed by atoms with Gasteiger partial charge in [-0.05, 0) is 62.1 Å². The summed E-state index contributed by atoms with van der Waals surface area (Å²) in [7, 11) is -2.05. The largest absolute Gasteiger partial charge is 0.463 e. The van der Waals surface area contributed by atoms with Crippen LogP contribution >= 0.6 is 0 Å². The van der Waals surface area contributed by atoms with Gasteiger partial charge >= 0.3 is 5.97 Å². The Hall–Kier alpha value is -0.693. The minimum Gasteiger partial charge on any atom is -0.463 e. The normalized spacial score (nSPS) is 24.6. The molecule has 0 heterocycles. The molecular formula is C22H42O5Si. The lowest BCUT2D eigenvalue weighted by atomic mass is 9.95. The van der Waals surface area contributed by atoms with Crippen LogP contribution in [-0.2, 0) is 14.0 Å². The topological polar surface area (TPSA) is 76.0 Å². The Morgan fingerprint density at radius 1 is 1.25 bits per heavy atom. The number of carbonyl (C=O) groups is 1. The van der Waals surface area contributed by atoms with Crippen LogP contribution < -0.4 is 0 Å². The Morgan fingerprint density at radius 3 is 2.29 bits per heavy atom. The highest BCUT2D eigenvalue weighted by molar-refractivity contribution is 6.74. The van der Waals surface area contributed by atoms with Gasteiger partial charge in [-0.25, -0.2) is 4.79 Å². The first kappa shape index (κ1) is 25.3. The average molecular weight is 415 g/mol. The summed E-state index contributed by atoms with van der Waals surface area (Å²) in [6.45, 7) is 17.2. The molecule has 0 bridgehead atoms. The molecule has 6 atom stereocenters. The van der Waals surface area contributed by atoms with Crippen LogP contribution in [0, 0.1) is 17.8 Å². The van der Waals surface area contributed by atoms with Crippen molar-refractivity contribution in [3.05, 3.63) is 12.2 Å². The zero-order chi connectivity index (χ0) is 21.7. The van der Waals surface area contributed by atoms with Crippen molar-refractivity contribution in [1.29, 1.82) is 0 Å². The molecule has 0 amide bonds. The monoisotopic (exact) mass is 414 g/mol. The number of esters is 1. The van der Waals surface area contributed by atoms with Crippen molar-refractivity contribution in [3.63, 3.8) is 0 Å². The highest BCUT2D eigenvalue weighted by Crippen LogP contribution is 2.42. The number of rotatable bonds is 11.